The predicted molar refractivity (Wildman–Crippen MR) is 75.0 cm³/mol. The van der Waals surface area contributed by atoms with Gasteiger partial charge in [0.25, 0.3) is 0 Å². The Labute approximate surface area is 115 Å². The second kappa shape index (κ2) is 4.13. The first kappa shape index (κ1) is 11.1. The van der Waals surface area contributed by atoms with E-state index in [4.69, 9.17) is 4.84 Å². The molecule has 2 aliphatic rings. The second-order valence-electron chi connectivity index (χ2n) is 4.79. The third kappa shape index (κ3) is 1.61. The van der Waals surface area contributed by atoms with E-state index < -0.39 is 0 Å². The first-order valence-electron chi connectivity index (χ1n) is 6.32. The summed E-state index contributed by atoms with van der Waals surface area (Å²) in [5, 5.41) is 10.1. The van der Waals surface area contributed by atoms with E-state index in [9.17, 15) is 0 Å². The van der Waals surface area contributed by atoms with Gasteiger partial charge in [-0.3, -0.25) is 0 Å². The largest absolute Gasteiger partial charge is 0.395 e. The average Bonchev–Trinajstić information content (AvgIpc) is 3.04. The number of aromatic nitrogens is 2. The van der Waals surface area contributed by atoms with Crippen molar-refractivity contribution >= 4 is 17.5 Å². The van der Waals surface area contributed by atoms with E-state index in [0.29, 0.717) is 12.5 Å². The van der Waals surface area contributed by atoms with Crippen molar-refractivity contribution in [1.82, 2.24) is 9.78 Å². The molecule has 3 heterocycles. The molecule has 0 saturated heterocycles. The fourth-order valence-electron chi connectivity index (χ4n) is 2.59. The van der Waals surface area contributed by atoms with E-state index in [1.54, 1.807) is 0 Å². The van der Waals surface area contributed by atoms with Crippen LogP contribution in [0, 0.1) is 12.8 Å². The number of oxime groups is 1. The summed E-state index contributed by atoms with van der Waals surface area (Å²) in [4.78, 5) is 5.26. The average molecular weight is 271 g/mol. The van der Waals surface area contributed by atoms with Crippen molar-refractivity contribution < 1.29 is 4.84 Å². The van der Waals surface area contributed by atoms with Gasteiger partial charge in [-0.25, -0.2) is 4.68 Å². The number of rotatable bonds is 1. The van der Waals surface area contributed by atoms with Crippen LogP contribution in [0.4, 0.5) is 0 Å². The molecule has 0 bridgehead atoms. The summed E-state index contributed by atoms with van der Waals surface area (Å²) in [6, 6.07) is 10.2. The van der Waals surface area contributed by atoms with Crippen LogP contribution >= 0.6 is 11.8 Å². The van der Waals surface area contributed by atoms with Gasteiger partial charge in [0.05, 0.1) is 28.6 Å². The molecule has 0 N–H and O–H groups in total. The van der Waals surface area contributed by atoms with Crippen molar-refractivity contribution in [3.05, 3.63) is 41.6 Å². The second-order valence-corrected chi connectivity index (χ2v) is 5.80. The van der Waals surface area contributed by atoms with Crippen molar-refractivity contribution in [3.8, 4) is 5.69 Å². The predicted octanol–water partition coefficient (Wildman–Crippen LogP) is 2.64. The minimum absolute atomic E-state index is 0.421. The van der Waals surface area contributed by atoms with Gasteiger partial charge in [0.1, 0.15) is 11.6 Å². The highest BCUT2D eigenvalue weighted by Gasteiger charge is 2.35. The molecule has 0 spiro atoms. The van der Waals surface area contributed by atoms with Crippen LogP contribution in [0.2, 0.25) is 0 Å². The van der Waals surface area contributed by atoms with Crippen molar-refractivity contribution in [2.45, 2.75) is 11.9 Å². The molecule has 0 saturated carbocycles. The number of aryl methyl sites for hydroxylation is 1. The normalized spacial score (nSPS) is 20.5. The summed E-state index contributed by atoms with van der Waals surface area (Å²) in [5.74, 6) is 1.44. The number of fused-ring (bicyclic) bond motifs is 3. The third-order valence-electron chi connectivity index (χ3n) is 3.52. The molecule has 4 nitrogen and oxygen atoms in total. The molecule has 4 rings (SSSR count). The monoisotopic (exact) mass is 271 g/mol. The molecule has 0 aliphatic carbocycles. The topological polar surface area (TPSA) is 39.4 Å². The van der Waals surface area contributed by atoms with Gasteiger partial charge in [0.2, 0.25) is 0 Å². The molecule has 19 heavy (non-hydrogen) atoms. The summed E-state index contributed by atoms with van der Waals surface area (Å²) in [7, 11) is 0. The minimum Gasteiger partial charge on any atom is -0.395 e. The summed E-state index contributed by atoms with van der Waals surface area (Å²) in [6.07, 6.45) is 0. The molecule has 1 unspecified atom stereocenters. The number of para-hydroxylation sites is 1. The van der Waals surface area contributed by atoms with E-state index in [0.717, 1.165) is 22.8 Å². The summed E-state index contributed by atoms with van der Waals surface area (Å²) < 4.78 is 2.02. The van der Waals surface area contributed by atoms with Gasteiger partial charge < -0.3 is 4.84 Å². The summed E-state index contributed by atoms with van der Waals surface area (Å²) in [5.41, 5.74) is 4.37. The number of hydrogen-bond acceptors (Lipinski definition) is 4. The van der Waals surface area contributed by atoms with E-state index in [1.807, 2.05) is 41.6 Å². The van der Waals surface area contributed by atoms with Crippen molar-refractivity contribution in [1.29, 1.82) is 0 Å². The highest BCUT2D eigenvalue weighted by Crippen LogP contribution is 2.38. The molecule has 5 heteroatoms. The highest BCUT2D eigenvalue weighted by atomic mass is 32.2. The molecule has 0 fully saturated rings. The number of hydrogen-bond donors (Lipinski definition) is 0. The van der Waals surface area contributed by atoms with E-state index >= 15 is 0 Å². The molecule has 1 aromatic carbocycles. The van der Waals surface area contributed by atoms with Gasteiger partial charge >= 0.3 is 0 Å². The van der Waals surface area contributed by atoms with Crippen LogP contribution in [0.15, 0.2) is 40.5 Å². The van der Waals surface area contributed by atoms with E-state index in [-0.39, 0.29) is 0 Å². The molecule has 96 valence electrons. The van der Waals surface area contributed by atoms with Crippen LogP contribution in [-0.2, 0) is 4.84 Å². The smallest absolute Gasteiger partial charge is 0.126 e. The lowest BCUT2D eigenvalue weighted by molar-refractivity contribution is 0.159. The van der Waals surface area contributed by atoms with Gasteiger partial charge in [-0.05, 0) is 19.1 Å². The zero-order chi connectivity index (χ0) is 12.8. The first-order chi connectivity index (χ1) is 9.34. The Morgan fingerprint density at radius 3 is 3.00 bits per heavy atom. The van der Waals surface area contributed by atoms with Crippen LogP contribution < -0.4 is 0 Å². The zero-order valence-corrected chi connectivity index (χ0v) is 11.4. The Kier molecular flexibility index (Phi) is 2.41. The Bertz CT molecular complexity index is 663. The Balaban J connectivity index is 1.91. The first-order valence-corrected chi connectivity index (χ1v) is 7.31. The van der Waals surface area contributed by atoms with Gasteiger partial charge in [0, 0.05) is 5.75 Å². The van der Waals surface area contributed by atoms with Crippen LogP contribution in [0.1, 0.15) is 11.3 Å². The maximum absolute atomic E-state index is 5.26. The van der Waals surface area contributed by atoms with Gasteiger partial charge in [-0.2, -0.15) is 5.10 Å². The van der Waals surface area contributed by atoms with Crippen LogP contribution in [0.25, 0.3) is 5.69 Å². The zero-order valence-electron chi connectivity index (χ0n) is 10.5. The lowest BCUT2D eigenvalue weighted by Gasteiger charge is -2.18. The molecule has 1 aromatic heterocycles. The maximum Gasteiger partial charge on any atom is 0.126 e. The lowest BCUT2D eigenvalue weighted by atomic mass is 10.00. The van der Waals surface area contributed by atoms with Crippen LogP contribution in [-0.4, -0.2) is 27.9 Å². The Morgan fingerprint density at radius 1 is 1.32 bits per heavy atom. The third-order valence-corrected chi connectivity index (χ3v) is 4.74. The van der Waals surface area contributed by atoms with Crippen LogP contribution in [0.3, 0.4) is 0 Å². The summed E-state index contributed by atoms with van der Waals surface area (Å²) in [6.45, 7) is 2.75. The highest BCUT2D eigenvalue weighted by molar-refractivity contribution is 7.99. The number of benzene rings is 1. The van der Waals surface area contributed by atoms with Crippen molar-refractivity contribution in [3.63, 3.8) is 0 Å². The van der Waals surface area contributed by atoms with Crippen LogP contribution in [0.5, 0.6) is 0 Å². The van der Waals surface area contributed by atoms with Gasteiger partial charge in [-0.1, -0.05) is 23.4 Å². The van der Waals surface area contributed by atoms with E-state index in [1.165, 1.54) is 10.6 Å². The minimum atomic E-state index is 0.421. The molecule has 2 aromatic rings. The fourth-order valence-corrected chi connectivity index (χ4v) is 3.86. The maximum atomic E-state index is 5.26. The Hall–Kier alpha value is -1.75. The molecular formula is C14H13N3OS. The Morgan fingerprint density at radius 2 is 2.16 bits per heavy atom. The molecule has 2 aliphatic heterocycles. The van der Waals surface area contributed by atoms with Gasteiger partial charge in [-0.15, -0.1) is 11.8 Å². The fraction of sp³-hybridized carbons (Fsp3) is 0.286. The molecule has 1 atom stereocenters. The van der Waals surface area contributed by atoms with Gasteiger partial charge in [0.15, 0.2) is 0 Å². The molecule has 0 amide bonds. The quantitative estimate of drug-likeness (QED) is 0.800. The van der Waals surface area contributed by atoms with Crippen molar-refractivity contribution in [2.24, 2.45) is 11.1 Å². The summed E-state index contributed by atoms with van der Waals surface area (Å²) >= 11 is 1.85. The lowest BCUT2D eigenvalue weighted by Crippen LogP contribution is -2.22. The van der Waals surface area contributed by atoms with Crippen molar-refractivity contribution in [2.75, 3.05) is 12.4 Å². The molecule has 0 radical (unpaired) electrons. The SMILES string of the molecule is Cc1nn(-c2ccccc2)c2c1C1=NOCC1CS2. The van der Waals surface area contributed by atoms with E-state index in [2.05, 4.69) is 22.4 Å². The standard InChI is InChI=1S/C14H13N3OS/c1-9-12-13-10(7-18-16-13)8-19-14(12)17(15-9)11-5-3-2-4-6-11/h2-6,10H,7-8H2,1H3. The molecular weight excluding hydrogens is 258 g/mol. The number of thioether (sulfide) groups is 1. The number of nitrogens with zero attached hydrogens (tertiary/aromatic N) is 3.